The molecular formula is C13H13ClN2O2. The van der Waals surface area contributed by atoms with E-state index in [0.717, 1.165) is 21.7 Å². The first kappa shape index (κ1) is 12.7. The maximum absolute atomic E-state index is 5.43. The Morgan fingerprint density at radius 1 is 1.17 bits per heavy atom. The van der Waals surface area contributed by atoms with E-state index in [4.69, 9.17) is 15.0 Å². The summed E-state index contributed by atoms with van der Waals surface area (Å²) in [6.07, 6.45) is 0. The van der Waals surface area contributed by atoms with Crippen molar-refractivity contribution < 1.29 is 9.26 Å². The molecule has 0 spiro atoms. The highest BCUT2D eigenvalue weighted by Gasteiger charge is 2.10. The topological polar surface area (TPSA) is 61.3 Å². The number of fused-ring (bicyclic) bond motifs is 2. The molecule has 1 heterocycles. The highest BCUT2D eigenvalue weighted by atomic mass is 35.5. The third-order valence-electron chi connectivity index (χ3n) is 2.66. The van der Waals surface area contributed by atoms with Gasteiger partial charge < -0.3 is 15.0 Å². The fourth-order valence-electron chi connectivity index (χ4n) is 1.86. The van der Waals surface area contributed by atoms with Crippen LogP contribution in [0.1, 0.15) is 0 Å². The standard InChI is InChI=1S/C13H12N2O2.ClH/c14-5-6-16-13-11-7-9-3-1-2-4-10(9)8-12(11)17-15-13;/h1-4,7-8H,5-6,14H2;1H. The Hall–Kier alpha value is -1.78. The summed E-state index contributed by atoms with van der Waals surface area (Å²) in [5, 5.41) is 7.06. The van der Waals surface area contributed by atoms with Crippen LogP contribution < -0.4 is 10.5 Å². The highest BCUT2D eigenvalue weighted by Crippen LogP contribution is 2.29. The van der Waals surface area contributed by atoms with Crippen LogP contribution >= 0.6 is 12.4 Å². The van der Waals surface area contributed by atoms with Gasteiger partial charge in [-0.2, -0.15) is 0 Å². The van der Waals surface area contributed by atoms with Gasteiger partial charge in [-0.25, -0.2) is 0 Å². The van der Waals surface area contributed by atoms with E-state index in [1.165, 1.54) is 0 Å². The number of halogens is 1. The fraction of sp³-hybridized carbons (Fsp3) is 0.154. The summed E-state index contributed by atoms with van der Waals surface area (Å²) in [4.78, 5) is 0. The van der Waals surface area contributed by atoms with E-state index in [-0.39, 0.29) is 12.4 Å². The van der Waals surface area contributed by atoms with E-state index in [0.29, 0.717) is 19.0 Å². The van der Waals surface area contributed by atoms with Gasteiger partial charge in [-0.1, -0.05) is 24.3 Å². The lowest BCUT2D eigenvalue weighted by Gasteiger charge is -2.00. The summed E-state index contributed by atoms with van der Waals surface area (Å²) in [5.41, 5.74) is 6.13. The molecule has 0 fully saturated rings. The van der Waals surface area contributed by atoms with Crippen molar-refractivity contribution in [2.45, 2.75) is 0 Å². The Bertz CT molecular complexity index is 666. The number of ether oxygens (including phenoxy) is 1. The molecule has 0 aliphatic heterocycles. The molecule has 0 bridgehead atoms. The van der Waals surface area contributed by atoms with Crippen LogP contribution in [0.15, 0.2) is 40.9 Å². The van der Waals surface area contributed by atoms with Crippen molar-refractivity contribution in [3.8, 4) is 5.88 Å². The molecule has 0 amide bonds. The zero-order valence-electron chi connectivity index (χ0n) is 9.63. The first-order valence-corrected chi connectivity index (χ1v) is 5.49. The number of aromatic nitrogens is 1. The molecule has 0 unspecified atom stereocenters. The first-order valence-electron chi connectivity index (χ1n) is 5.49. The second-order valence-corrected chi connectivity index (χ2v) is 3.82. The lowest BCUT2D eigenvalue weighted by atomic mass is 10.1. The minimum Gasteiger partial charge on any atom is -0.474 e. The van der Waals surface area contributed by atoms with Crippen LogP contribution in [-0.2, 0) is 0 Å². The molecule has 0 atom stereocenters. The molecular weight excluding hydrogens is 252 g/mol. The van der Waals surface area contributed by atoms with Crippen molar-refractivity contribution in [2.24, 2.45) is 5.73 Å². The van der Waals surface area contributed by atoms with E-state index in [1.54, 1.807) is 0 Å². The van der Waals surface area contributed by atoms with Gasteiger partial charge in [0.1, 0.15) is 6.61 Å². The maximum atomic E-state index is 5.43. The van der Waals surface area contributed by atoms with Gasteiger partial charge in [0.2, 0.25) is 0 Å². The van der Waals surface area contributed by atoms with E-state index in [2.05, 4.69) is 11.2 Å². The van der Waals surface area contributed by atoms with Crippen molar-refractivity contribution in [1.29, 1.82) is 0 Å². The normalized spacial score (nSPS) is 10.5. The summed E-state index contributed by atoms with van der Waals surface area (Å²) < 4.78 is 10.7. The zero-order chi connectivity index (χ0) is 11.7. The van der Waals surface area contributed by atoms with E-state index in [1.807, 2.05) is 30.3 Å². The van der Waals surface area contributed by atoms with Gasteiger partial charge in [-0.05, 0) is 28.1 Å². The molecule has 0 saturated carbocycles. The molecule has 5 heteroatoms. The summed E-state index contributed by atoms with van der Waals surface area (Å²) in [6, 6.07) is 12.1. The maximum Gasteiger partial charge on any atom is 0.262 e. The van der Waals surface area contributed by atoms with Crippen LogP contribution in [-0.4, -0.2) is 18.3 Å². The predicted molar refractivity (Wildman–Crippen MR) is 73.3 cm³/mol. The Morgan fingerprint density at radius 3 is 2.61 bits per heavy atom. The zero-order valence-corrected chi connectivity index (χ0v) is 10.4. The monoisotopic (exact) mass is 264 g/mol. The van der Waals surface area contributed by atoms with Crippen LogP contribution in [0.2, 0.25) is 0 Å². The second-order valence-electron chi connectivity index (χ2n) is 3.82. The lowest BCUT2D eigenvalue weighted by molar-refractivity contribution is 0.293. The molecule has 18 heavy (non-hydrogen) atoms. The SMILES string of the molecule is Cl.NCCOc1noc2cc3ccccc3cc12. The first-order chi connectivity index (χ1) is 8.38. The second kappa shape index (κ2) is 5.25. The van der Waals surface area contributed by atoms with Crippen LogP contribution in [0.25, 0.3) is 21.7 Å². The average Bonchev–Trinajstić information content (AvgIpc) is 2.76. The third kappa shape index (κ3) is 2.12. The summed E-state index contributed by atoms with van der Waals surface area (Å²) in [5.74, 6) is 0.510. The van der Waals surface area contributed by atoms with Gasteiger partial charge in [0.25, 0.3) is 5.88 Å². The van der Waals surface area contributed by atoms with Gasteiger partial charge in [0.15, 0.2) is 5.58 Å². The number of rotatable bonds is 3. The number of hydrogen-bond donors (Lipinski definition) is 1. The van der Waals surface area contributed by atoms with E-state index < -0.39 is 0 Å². The summed E-state index contributed by atoms with van der Waals surface area (Å²) in [6.45, 7) is 0.899. The lowest BCUT2D eigenvalue weighted by Crippen LogP contribution is -2.10. The van der Waals surface area contributed by atoms with Crippen molar-refractivity contribution in [2.75, 3.05) is 13.2 Å². The quantitative estimate of drug-likeness (QED) is 0.790. The van der Waals surface area contributed by atoms with Crippen molar-refractivity contribution >= 4 is 34.1 Å². The van der Waals surface area contributed by atoms with Crippen LogP contribution in [0.3, 0.4) is 0 Å². The van der Waals surface area contributed by atoms with Crippen molar-refractivity contribution in [1.82, 2.24) is 5.16 Å². The molecule has 3 rings (SSSR count). The largest absolute Gasteiger partial charge is 0.474 e. The van der Waals surface area contributed by atoms with Crippen LogP contribution in [0.5, 0.6) is 5.88 Å². The number of hydrogen-bond acceptors (Lipinski definition) is 4. The fourth-order valence-corrected chi connectivity index (χ4v) is 1.86. The van der Waals surface area contributed by atoms with Gasteiger partial charge in [0.05, 0.1) is 5.39 Å². The third-order valence-corrected chi connectivity index (χ3v) is 2.66. The molecule has 1 aromatic heterocycles. The van der Waals surface area contributed by atoms with Crippen LogP contribution in [0.4, 0.5) is 0 Å². The Morgan fingerprint density at radius 2 is 1.89 bits per heavy atom. The highest BCUT2D eigenvalue weighted by molar-refractivity contribution is 5.97. The molecule has 0 aliphatic rings. The molecule has 0 aliphatic carbocycles. The Labute approximate surface area is 110 Å². The number of nitrogens with zero attached hydrogens (tertiary/aromatic N) is 1. The number of nitrogens with two attached hydrogens (primary N) is 1. The minimum absolute atomic E-state index is 0. The molecule has 4 nitrogen and oxygen atoms in total. The molecule has 3 aromatic rings. The van der Waals surface area contributed by atoms with Gasteiger partial charge in [-0.15, -0.1) is 12.4 Å². The smallest absolute Gasteiger partial charge is 0.262 e. The molecule has 0 saturated heterocycles. The van der Waals surface area contributed by atoms with Gasteiger partial charge >= 0.3 is 0 Å². The van der Waals surface area contributed by atoms with Crippen molar-refractivity contribution in [3.05, 3.63) is 36.4 Å². The molecule has 94 valence electrons. The summed E-state index contributed by atoms with van der Waals surface area (Å²) in [7, 11) is 0. The van der Waals surface area contributed by atoms with E-state index >= 15 is 0 Å². The predicted octanol–water partition coefficient (Wildman–Crippen LogP) is 2.74. The molecule has 2 aromatic carbocycles. The average molecular weight is 265 g/mol. The Kier molecular flexibility index (Phi) is 3.69. The van der Waals surface area contributed by atoms with Gasteiger partial charge in [-0.3, -0.25) is 0 Å². The minimum atomic E-state index is 0. The summed E-state index contributed by atoms with van der Waals surface area (Å²) >= 11 is 0. The molecule has 0 radical (unpaired) electrons. The Balaban J connectivity index is 0.00000120. The number of benzene rings is 2. The van der Waals surface area contributed by atoms with Crippen LogP contribution in [0, 0.1) is 0 Å². The van der Waals surface area contributed by atoms with Gasteiger partial charge in [0, 0.05) is 6.54 Å². The molecule has 2 N–H and O–H groups in total. The van der Waals surface area contributed by atoms with Crippen molar-refractivity contribution in [3.63, 3.8) is 0 Å². The van der Waals surface area contributed by atoms with E-state index in [9.17, 15) is 0 Å².